The van der Waals surface area contributed by atoms with Crippen LogP contribution in [0.4, 0.5) is 4.39 Å². The zero-order chi connectivity index (χ0) is 14.7. The fourth-order valence-corrected chi connectivity index (χ4v) is 2.05. The smallest absolute Gasteiger partial charge is 0.212 e. The second-order valence-electron chi connectivity index (χ2n) is 4.02. The van der Waals surface area contributed by atoms with Crippen molar-refractivity contribution >= 4 is 29.0 Å². The first-order valence-corrected chi connectivity index (χ1v) is 6.50. The summed E-state index contributed by atoms with van der Waals surface area (Å²) in [6.45, 7) is 0.758. The van der Waals surface area contributed by atoms with Gasteiger partial charge in [0, 0.05) is 12.7 Å². The zero-order valence-corrected chi connectivity index (χ0v) is 12.1. The predicted molar refractivity (Wildman–Crippen MR) is 74.0 cm³/mol. The molecular formula is C13H11Cl2FN2O2. The van der Waals surface area contributed by atoms with E-state index in [0.29, 0.717) is 13.2 Å². The summed E-state index contributed by atoms with van der Waals surface area (Å²) in [4.78, 5) is 12.4. The van der Waals surface area contributed by atoms with Crippen LogP contribution in [0, 0.1) is 5.82 Å². The number of rotatable bonds is 5. The maximum atomic E-state index is 13.4. The Labute approximate surface area is 125 Å². The van der Waals surface area contributed by atoms with E-state index >= 15 is 0 Å². The summed E-state index contributed by atoms with van der Waals surface area (Å²) in [6.07, 6.45) is 1.37. The number of hydrogen-bond acceptors (Lipinski definition) is 3. The summed E-state index contributed by atoms with van der Waals surface area (Å²) in [5, 5.41) is 4.17. The Morgan fingerprint density at radius 2 is 2.15 bits per heavy atom. The summed E-state index contributed by atoms with van der Waals surface area (Å²) >= 11 is 11.6. The molecule has 0 unspecified atom stereocenters. The maximum absolute atomic E-state index is 13.4. The minimum Gasteiger partial charge on any atom is -0.383 e. The van der Waals surface area contributed by atoms with Gasteiger partial charge in [0.05, 0.1) is 29.4 Å². The van der Waals surface area contributed by atoms with Crippen molar-refractivity contribution in [3.63, 3.8) is 0 Å². The van der Waals surface area contributed by atoms with Crippen molar-refractivity contribution in [1.29, 1.82) is 0 Å². The summed E-state index contributed by atoms with van der Waals surface area (Å²) in [5.74, 6) is -1.07. The van der Waals surface area contributed by atoms with Crippen LogP contribution in [0.1, 0.15) is 16.1 Å². The van der Waals surface area contributed by atoms with E-state index in [9.17, 15) is 9.18 Å². The van der Waals surface area contributed by atoms with E-state index in [1.807, 2.05) is 0 Å². The first-order valence-electron chi connectivity index (χ1n) is 5.74. The monoisotopic (exact) mass is 316 g/mol. The lowest BCUT2D eigenvalue weighted by atomic mass is 10.1. The predicted octanol–water partition coefficient (Wildman–Crippen LogP) is 3.21. The van der Waals surface area contributed by atoms with Crippen molar-refractivity contribution in [3.8, 4) is 0 Å². The molecule has 0 aliphatic rings. The van der Waals surface area contributed by atoms with Crippen LogP contribution in [0.3, 0.4) is 0 Å². The first kappa shape index (κ1) is 15.0. The summed E-state index contributed by atoms with van der Waals surface area (Å²) in [5.41, 5.74) is 0.360. The van der Waals surface area contributed by atoms with Crippen LogP contribution >= 0.6 is 23.2 Å². The van der Waals surface area contributed by atoms with E-state index in [-0.39, 0.29) is 21.3 Å². The fraction of sp³-hybridized carbons (Fsp3) is 0.231. The van der Waals surface area contributed by atoms with E-state index in [1.165, 1.54) is 23.0 Å². The molecule has 0 amide bonds. The Morgan fingerprint density at radius 3 is 2.80 bits per heavy atom. The van der Waals surface area contributed by atoms with Crippen LogP contribution in [0.5, 0.6) is 0 Å². The van der Waals surface area contributed by atoms with Gasteiger partial charge < -0.3 is 4.74 Å². The molecule has 0 fully saturated rings. The molecule has 0 aliphatic heterocycles. The largest absolute Gasteiger partial charge is 0.383 e. The number of aromatic nitrogens is 2. The Bertz CT molecular complexity index is 643. The Hall–Kier alpha value is -1.43. The van der Waals surface area contributed by atoms with Crippen molar-refractivity contribution < 1.29 is 13.9 Å². The molecule has 4 nitrogen and oxygen atoms in total. The highest BCUT2D eigenvalue weighted by atomic mass is 35.5. The number of nitrogens with zero attached hydrogens (tertiary/aromatic N) is 2. The van der Waals surface area contributed by atoms with Crippen LogP contribution < -0.4 is 0 Å². The van der Waals surface area contributed by atoms with E-state index in [2.05, 4.69) is 5.10 Å². The summed E-state index contributed by atoms with van der Waals surface area (Å²) in [6, 6.07) is 3.85. The third kappa shape index (κ3) is 3.00. The van der Waals surface area contributed by atoms with Gasteiger partial charge in [0.25, 0.3) is 0 Å². The number of methoxy groups -OCH3 is 1. The molecular weight excluding hydrogens is 306 g/mol. The highest BCUT2D eigenvalue weighted by Gasteiger charge is 2.20. The van der Waals surface area contributed by atoms with Gasteiger partial charge in [-0.2, -0.15) is 5.10 Å². The quantitative estimate of drug-likeness (QED) is 0.796. The number of ether oxygens (including phenoxy) is 1. The minimum atomic E-state index is -0.656. The molecule has 1 aromatic heterocycles. The average molecular weight is 317 g/mol. The number of carbonyl (C=O) groups is 1. The van der Waals surface area contributed by atoms with Crippen molar-refractivity contribution in [2.45, 2.75) is 6.54 Å². The third-order valence-electron chi connectivity index (χ3n) is 2.70. The zero-order valence-electron chi connectivity index (χ0n) is 10.6. The van der Waals surface area contributed by atoms with Crippen LogP contribution in [0.2, 0.25) is 10.0 Å². The minimum absolute atomic E-state index is 0.0412. The molecule has 0 aliphatic carbocycles. The summed E-state index contributed by atoms with van der Waals surface area (Å²) < 4.78 is 19.8. The number of benzene rings is 1. The molecule has 7 heteroatoms. The van der Waals surface area contributed by atoms with Crippen LogP contribution in [0.15, 0.2) is 24.4 Å². The third-order valence-corrected chi connectivity index (χ3v) is 3.28. The molecule has 0 N–H and O–H groups in total. The lowest BCUT2D eigenvalue weighted by molar-refractivity contribution is 0.102. The average Bonchev–Trinajstić information content (AvgIpc) is 2.80. The molecule has 2 aromatic rings. The molecule has 2 rings (SSSR count). The molecule has 0 saturated heterocycles. The van der Waals surface area contributed by atoms with Gasteiger partial charge in [-0.05, 0) is 18.2 Å². The Balaban J connectivity index is 2.37. The standard InChI is InChI=1S/C13H11Cl2FN2O2/c1-20-5-4-18-12(10(15)7-17-18)13(19)8-2-3-9(14)11(16)6-8/h2-3,6-7H,4-5H2,1H3. The normalized spacial score (nSPS) is 10.8. The van der Waals surface area contributed by atoms with E-state index in [1.54, 1.807) is 7.11 Å². The van der Waals surface area contributed by atoms with Gasteiger partial charge in [0.1, 0.15) is 11.5 Å². The van der Waals surface area contributed by atoms with Gasteiger partial charge in [0.2, 0.25) is 5.78 Å². The molecule has 20 heavy (non-hydrogen) atoms. The van der Waals surface area contributed by atoms with Gasteiger partial charge in [-0.3, -0.25) is 9.48 Å². The van der Waals surface area contributed by atoms with Gasteiger partial charge in [-0.25, -0.2) is 4.39 Å². The topological polar surface area (TPSA) is 44.1 Å². The first-order chi connectivity index (χ1) is 9.54. The Kier molecular flexibility index (Phi) is 4.75. The highest BCUT2D eigenvalue weighted by molar-refractivity contribution is 6.34. The lowest BCUT2D eigenvalue weighted by Gasteiger charge is -2.07. The number of hydrogen-bond donors (Lipinski definition) is 0. The number of ketones is 1. The van der Waals surface area contributed by atoms with Gasteiger partial charge in [0.15, 0.2) is 0 Å². The van der Waals surface area contributed by atoms with Gasteiger partial charge in [-0.1, -0.05) is 23.2 Å². The molecule has 0 spiro atoms. The van der Waals surface area contributed by atoms with Gasteiger partial charge >= 0.3 is 0 Å². The van der Waals surface area contributed by atoms with E-state index < -0.39 is 11.6 Å². The highest BCUT2D eigenvalue weighted by Crippen LogP contribution is 2.22. The van der Waals surface area contributed by atoms with E-state index in [4.69, 9.17) is 27.9 Å². The molecule has 0 saturated carbocycles. The fourth-order valence-electron chi connectivity index (χ4n) is 1.71. The molecule has 0 bridgehead atoms. The second-order valence-corrected chi connectivity index (χ2v) is 4.83. The second kappa shape index (κ2) is 6.35. The summed E-state index contributed by atoms with van der Waals surface area (Å²) in [7, 11) is 1.54. The van der Waals surface area contributed by atoms with Crippen molar-refractivity contribution in [1.82, 2.24) is 9.78 Å². The molecule has 1 heterocycles. The number of carbonyl (C=O) groups excluding carboxylic acids is 1. The lowest BCUT2D eigenvalue weighted by Crippen LogP contribution is -2.15. The molecule has 0 atom stereocenters. The Morgan fingerprint density at radius 1 is 1.40 bits per heavy atom. The molecule has 106 valence electrons. The van der Waals surface area contributed by atoms with Crippen LogP contribution in [-0.2, 0) is 11.3 Å². The van der Waals surface area contributed by atoms with Crippen molar-refractivity contribution in [3.05, 3.63) is 51.5 Å². The van der Waals surface area contributed by atoms with Crippen molar-refractivity contribution in [2.75, 3.05) is 13.7 Å². The van der Waals surface area contributed by atoms with Crippen molar-refractivity contribution in [2.24, 2.45) is 0 Å². The van der Waals surface area contributed by atoms with Crippen LogP contribution in [-0.4, -0.2) is 29.3 Å². The van der Waals surface area contributed by atoms with E-state index in [0.717, 1.165) is 6.07 Å². The van der Waals surface area contributed by atoms with Gasteiger partial charge in [-0.15, -0.1) is 0 Å². The maximum Gasteiger partial charge on any atom is 0.212 e. The molecule has 1 aromatic carbocycles. The molecule has 0 radical (unpaired) electrons. The SMILES string of the molecule is COCCn1ncc(Cl)c1C(=O)c1ccc(Cl)c(F)c1. The van der Waals surface area contributed by atoms with Crippen LogP contribution in [0.25, 0.3) is 0 Å². The number of halogens is 3.